The number of halogens is 1. The average Bonchev–Trinajstić information content (AvgIpc) is 2.69. The van der Waals surface area contributed by atoms with Crippen molar-refractivity contribution in [2.45, 2.75) is 45.4 Å². The molecule has 1 aliphatic heterocycles. The van der Waals surface area contributed by atoms with Crippen molar-refractivity contribution in [3.63, 3.8) is 0 Å². The molecule has 1 fully saturated rings. The first kappa shape index (κ1) is 19.7. The van der Waals surface area contributed by atoms with Crippen molar-refractivity contribution in [3.05, 3.63) is 64.7 Å². The molecule has 2 aromatic rings. The van der Waals surface area contributed by atoms with Crippen molar-refractivity contribution < 1.29 is 9.53 Å². The van der Waals surface area contributed by atoms with E-state index < -0.39 is 6.10 Å². The number of para-hydroxylation sites is 1. The predicted octanol–water partition coefficient (Wildman–Crippen LogP) is 4.41. The van der Waals surface area contributed by atoms with Crippen molar-refractivity contribution in [2.75, 3.05) is 13.1 Å². The first-order valence-electron chi connectivity index (χ1n) is 9.61. The number of nitrogens with one attached hydrogen (secondary N) is 1. The van der Waals surface area contributed by atoms with Gasteiger partial charge in [-0.2, -0.15) is 0 Å². The van der Waals surface area contributed by atoms with Gasteiger partial charge in [0.15, 0.2) is 6.10 Å². The molecule has 0 spiro atoms. The third-order valence-corrected chi connectivity index (χ3v) is 5.13. The summed E-state index contributed by atoms with van der Waals surface area (Å²) in [6.07, 6.45) is 3.32. The van der Waals surface area contributed by atoms with Crippen LogP contribution < -0.4 is 10.1 Å². The third kappa shape index (κ3) is 5.98. The second-order valence-electron chi connectivity index (χ2n) is 7.07. The van der Waals surface area contributed by atoms with E-state index in [2.05, 4.69) is 28.4 Å². The van der Waals surface area contributed by atoms with E-state index in [0.29, 0.717) is 17.3 Å². The normalized spacial score (nSPS) is 15.9. The molecule has 1 heterocycles. The molecule has 144 valence electrons. The number of carbonyl (C=O) groups is 1. The monoisotopic (exact) mass is 386 g/mol. The van der Waals surface area contributed by atoms with Crippen molar-refractivity contribution in [1.82, 2.24) is 10.2 Å². The summed E-state index contributed by atoms with van der Waals surface area (Å²) in [5, 5.41) is 3.45. The van der Waals surface area contributed by atoms with Gasteiger partial charge in [-0.15, -0.1) is 0 Å². The van der Waals surface area contributed by atoms with E-state index in [1.54, 1.807) is 19.1 Å². The van der Waals surface area contributed by atoms with Crippen LogP contribution >= 0.6 is 11.6 Å². The van der Waals surface area contributed by atoms with Crippen molar-refractivity contribution in [2.24, 2.45) is 0 Å². The van der Waals surface area contributed by atoms with Gasteiger partial charge in [-0.25, -0.2) is 0 Å². The van der Waals surface area contributed by atoms with Crippen molar-refractivity contribution >= 4 is 17.5 Å². The molecule has 0 aromatic heterocycles. The number of rotatable bonds is 7. The van der Waals surface area contributed by atoms with Gasteiger partial charge in [0.25, 0.3) is 5.91 Å². The zero-order chi connectivity index (χ0) is 19.1. The highest BCUT2D eigenvalue weighted by Gasteiger charge is 2.16. The van der Waals surface area contributed by atoms with Gasteiger partial charge in [-0.3, -0.25) is 9.69 Å². The molecule has 5 heteroatoms. The van der Waals surface area contributed by atoms with Gasteiger partial charge in [0.2, 0.25) is 0 Å². The third-order valence-electron chi connectivity index (χ3n) is 4.82. The minimum atomic E-state index is -0.610. The number of piperidine rings is 1. The number of carbonyl (C=O) groups excluding carboxylic acids is 1. The lowest BCUT2D eigenvalue weighted by Crippen LogP contribution is -2.36. The Bertz CT molecular complexity index is 759. The molecule has 0 aliphatic carbocycles. The molecular weight excluding hydrogens is 360 g/mol. The van der Waals surface area contributed by atoms with Gasteiger partial charge in [0.1, 0.15) is 5.75 Å². The Morgan fingerprint density at radius 1 is 1.11 bits per heavy atom. The van der Waals surface area contributed by atoms with Crippen LogP contribution in [-0.4, -0.2) is 30.0 Å². The summed E-state index contributed by atoms with van der Waals surface area (Å²) in [7, 11) is 0. The highest BCUT2D eigenvalue weighted by molar-refractivity contribution is 6.32. The summed E-state index contributed by atoms with van der Waals surface area (Å²) in [4.78, 5) is 14.8. The molecule has 0 bridgehead atoms. The molecule has 1 aliphatic rings. The minimum Gasteiger partial charge on any atom is -0.479 e. The van der Waals surface area contributed by atoms with Crippen LogP contribution in [0.1, 0.15) is 37.3 Å². The SMILES string of the molecule is C[C@H](Oc1ccccc1Cl)C(=O)NCc1cccc(CN2CCCCC2)c1. The molecule has 3 rings (SSSR count). The number of likely N-dealkylation sites (tertiary alicyclic amines) is 1. The quantitative estimate of drug-likeness (QED) is 0.766. The average molecular weight is 387 g/mol. The fourth-order valence-corrected chi connectivity index (χ4v) is 3.51. The van der Waals surface area contributed by atoms with Crippen LogP contribution in [0.15, 0.2) is 48.5 Å². The van der Waals surface area contributed by atoms with E-state index in [0.717, 1.165) is 12.1 Å². The molecule has 0 unspecified atom stereocenters. The molecule has 1 N–H and O–H groups in total. The molecule has 0 saturated carbocycles. The lowest BCUT2D eigenvalue weighted by Gasteiger charge is -2.26. The van der Waals surface area contributed by atoms with Gasteiger partial charge in [0.05, 0.1) is 5.02 Å². The van der Waals surface area contributed by atoms with E-state index in [-0.39, 0.29) is 5.91 Å². The summed E-state index contributed by atoms with van der Waals surface area (Å²) in [5.41, 5.74) is 2.40. The number of ether oxygens (including phenoxy) is 1. The van der Waals surface area contributed by atoms with Crippen molar-refractivity contribution in [3.8, 4) is 5.75 Å². The Kier molecular flexibility index (Phi) is 7.13. The Morgan fingerprint density at radius 2 is 1.85 bits per heavy atom. The topological polar surface area (TPSA) is 41.6 Å². The van der Waals surface area contributed by atoms with Crippen LogP contribution in [0.25, 0.3) is 0 Å². The first-order chi connectivity index (χ1) is 13.1. The number of amides is 1. The van der Waals surface area contributed by atoms with Gasteiger partial charge < -0.3 is 10.1 Å². The van der Waals surface area contributed by atoms with Gasteiger partial charge in [-0.05, 0) is 56.1 Å². The summed E-state index contributed by atoms with van der Waals surface area (Å²) in [6, 6.07) is 15.6. The Balaban J connectivity index is 1.50. The fraction of sp³-hybridized carbons (Fsp3) is 0.409. The first-order valence-corrected chi connectivity index (χ1v) is 9.98. The predicted molar refractivity (Wildman–Crippen MR) is 109 cm³/mol. The fourth-order valence-electron chi connectivity index (χ4n) is 3.33. The van der Waals surface area contributed by atoms with E-state index in [1.165, 1.54) is 37.9 Å². The van der Waals surface area contributed by atoms with E-state index >= 15 is 0 Å². The number of benzene rings is 2. The number of hydrogen-bond donors (Lipinski definition) is 1. The Hall–Kier alpha value is -2.04. The molecule has 2 aromatic carbocycles. The molecule has 1 amide bonds. The highest BCUT2D eigenvalue weighted by atomic mass is 35.5. The van der Waals surface area contributed by atoms with Crippen LogP contribution in [0.5, 0.6) is 5.75 Å². The molecule has 1 atom stereocenters. The maximum Gasteiger partial charge on any atom is 0.261 e. The van der Waals surface area contributed by atoms with Crippen LogP contribution in [-0.2, 0) is 17.9 Å². The van der Waals surface area contributed by atoms with Gasteiger partial charge in [0, 0.05) is 13.1 Å². The maximum absolute atomic E-state index is 12.3. The van der Waals surface area contributed by atoms with Crippen molar-refractivity contribution in [1.29, 1.82) is 0 Å². The molecule has 0 radical (unpaired) electrons. The lowest BCUT2D eigenvalue weighted by atomic mass is 10.1. The second kappa shape index (κ2) is 9.77. The molecule has 27 heavy (non-hydrogen) atoms. The second-order valence-corrected chi connectivity index (χ2v) is 7.47. The highest BCUT2D eigenvalue weighted by Crippen LogP contribution is 2.24. The summed E-state index contributed by atoms with van der Waals surface area (Å²) >= 11 is 6.08. The largest absolute Gasteiger partial charge is 0.479 e. The van der Waals surface area contributed by atoms with Gasteiger partial charge >= 0.3 is 0 Å². The smallest absolute Gasteiger partial charge is 0.261 e. The maximum atomic E-state index is 12.3. The lowest BCUT2D eigenvalue weighted by molar-refractivity contribution is -0.127. The molecular formula is C22H27ClN2O2. The molecule has 1 saturated heterocycles. The summed E-state index contributed by atoms with van der Waals surface area (Å²) in [5.74, 6) is 0.363. The van der Waals surface area contributed by atoms with Gasteiger partial charge in [-0.1, -0.05) is 54.4 Å². The van der Waals surface area contributed by atoms with Crippen LogP contribution in [0.4, 0.5) is 0 Å². The van der Waals surface area contributed by atoms with E-state index in [4.69, 9.17) is 16.3 Å². The minimum absolute atomic E-state index is 0.156. The van der Waals surface area contributed by atoms with Crippen LogP contribution in [0, 0.1) is 0 Å². The van der Waals surface area contributed by atoms with E-state index in [9.17, 15) is 4.79 Å². The summed E-state index contributed by atoms with van der Waals surface area (Å²) in [6.45, 7) is 5.55. The Labute approximate surface area is 166 Å². The van der Waals surface area contributed by atoms with Crippen LogP contribution in [0.2, 0.25) is 5.02 Å². The zero-order valence-electron chi connectivity index (χ0n) is 15.8. The summed E-state index contributed by atoms with van der Waals surface area (Å²) < 4.78 is 5.67. The Morgan fingerprint density at radius 3 is 2.63 bits per heavy atom. The van der Waals surface area contributed by atoms with Crippen LogP contribution in [0.3, 0.4) is 0 Å². The van der Waals surface area contributed by atoms with E-state index in [1.807, 2.05) is 18.2 Å². The zero-order valence-corrected chi connectivity index (χ0v) is 16.5. The standard InChI is InChI=1S/C22H27ClN2O2/c1-17(27-21-11-4-3-10-20(21)23)22(26)24-15-18-8-7-9-19(14-18)16-25-12-5-2-6-13-25/h3-4,7-11,14,17H,2,5-6,12-13,15-16H2,1H3,(H,24,26)/t17-/m0/s1. The number of hydrogen-bond acceptors (Lipinski definition) is 3. The number of nitrogens with zero attached hydrogens (tertiary/aromatic N) is 1. The molecule has 4 nitrogen and oxygen atoms in total.